The summed E-state index contributed by atoms with van der Waals surface area (Å²) in [4.78, 5) is 4.77. The van der Waals surface area contributed by atoms with Crippen molar-refractivity contribution in [2.45, 2.75) is 25.9 Å². The van der Waals surface area contributed by atoms with E-state index < -0.39 is 0 Å². The minimum absolute atomic E-state index is 0.179. The number of halogens is 2. The third-order valence-electron chi connectivity index (χ3n) is 3.82. The molecule has 2 rings (SSSR count). The molecule has 4 heteroatoms. The molecule has 0 amide bonds. The van der Waals surface area contributed by atoms with Gasteiger partial charge in [0.1, 0.15) is 5.82 Å². The highest BCUT2D eigenvalue weighted by Gasteiger charge is 2.31. The first-order chi connectivity index (χ1) is 8.40. The van der Waals surface area contributed by atoms with Gasteiger partial charge in [-0.25, -0.2) is 4.39 Å². The van der Waals surface area contributed by atoms with Gasteiger partial charge in [-0.15, -0.1) is 0 Å². The van der Waals surface area contributed by atoms with Crippen molar-refractivity contribution in [2.24, 2.45) is 0 Å². The highest BCUT2D eigenvalue weighted by atomic mass is 79.9. The standard InChI is InChI=1S/C14H20BrFN2/c1-14(2)10-18(8-7-17(14)3)9-11-5-4-6-12(16)13(11)15/h4-6H,7-10H2,1-3H3. The number of nitrogens with zero attached hydrogens (tertiary/aromatic N) is 2. The fourth-order valence-electron chi connectivity index (χ4n) is 2.39. The van der Waals surface area contributed by atoms with Crippen molar-refractivity contribution in [2.75, 3.05) is 26.7 Å². The summed E-state index contributed by atoms with van der Waals surface area (Å²) in [6, 6.07) is 5.25. The molecule has 0 radical (unpaired) electrons. The number of rotatable bonds is 2. The summed E-state index contributed by atoms with van der Waals surface area (Å²) in [5.74, 6) is -0.180. The monoisotopic (exact) mass is 314 g/mol. The Morgan fingerprint density at radius 1 is 1.33 bits per heavy atom. The van der Waals surface area contributed by atoms with E-state index in [1.165, 1.54) is 6.07 Å². The fraction of sp³-hybridized carbons (Fsp3) is 0.571. The van der Waals surface area contributed by atoms with Crippen molar-refractivity contribution in [1.29, 1.82) is 0 Å². The molecular weight excluding hydrogens is 295 g/mol. The van der Waals surface area contributed by atoms with Crippen LogP contribution in [0.1, 0.15) is 19.4 Å². The van der Waals surface area contributed by atoms with Crippen molar-refractivity contribution < 1.29 is 4.39 Å². The number of likely N-dealkylation sites (N-methyl/N-ethyl adjacent to an activating group) is 1. The molecule has 100 valence electrons. The number of benzene rings is 1. The van der Waals surface area contributed by atoms with E-state index in [2.05, 4.69) is 46.6 Å². The van der Waals surface area contributed by atoms with Crippen LogP contribution in [-0.4, -0.2) is 42.0 Å². The highest BCUT2D eigenvalue weighted by molar-refractivity contribution is 9.10. The zero-order chi connectivity index (χ0) is 13.3. The molecule has 0 N–H and O–H groups in total. The minimum atomic E-state index is -0.180. The van der Waals surface area contributed by atoms with Gasteiger partial charge in [0, 0.05) is 31.7 Å². The lowest BCUT2D eigenvalue weighted by atomic mass is 9.99. The molecule has 0 atom stereocenters. The Kier molecular flexibility index (Phi) is 4.09. The average Bonchev–Trinajstić information content (AvgIpc) is 2.29. The van der Waals surface area contributed by atoms with E-state index in [1.54, 1.807) is 6.07 Å². The molecule has 0 saturated carbocycles. The molecule has 0 aliphatic carbocycles. The molecule has 1 saturated heterocycles. The van der Waals surface area contributed by atoms with Crippen LogP contribution in [0.4, 0.5) is 4.39 Å². The second-order valence-corrected chi connectivity index (χ2v) is 6.45. The molecule has 1 aliphatic heterocycles. The summed E-state index contributed by atoms with van der Waals surface area (Å²) in [5.41, 5.74) is 1.20. The van der Waals surface area contributed by atoms with Crippen LogP contribution in [0.3, 0.4) is 0 Å². The van der Waals surface area contributed by atoms with Crippen LogP contribution in [0, 0.1) is 5.82 Å². The quantitative estimate of drug-likeness (QED) is 0.827. The summed E-state index contributed by atoms with van der Waals surface area (Å²) < 4.78 is 14.1. The van der Waals surface area contributed by atoms with Crippen LogP contribution < -0.4 is 0 Å². The Balaban J connectivity index is 2.09. The van der Waals surface area contributed by atoms with Gasteiger partial charge in [-0.2, -0.15) is 0 Å². The predicted molar refractivity (Wildman–Crippen MR) is 76.1 cm³/mol. The highest BCUT2D eigenvalue weighted by Crippen LogP contribution is 2.25. The normalized spacial score (nSPS) is 21.2. The van der Waals surface area contributed by atoms with E-state index in [-0.39, 0.29) is 11.4 Å². The largest absolute Gasteiger partial charge is 0.299 e. The second kappa shape index (κ2) is 5.27. The Morgan fingerprint density at radius 2 is 2.06 bits per heavy atom. The van der Waals surface area contributed by atoms with E-state index in [4.69, 9.17) is 0 Å². The first kappa shape index (κ1) is 14.0. The van der Waals surface area contributed by atoms with Gasteiger partial charge in [0.15, 0.2) is 0 Å². The van der Waals surface area contributed by atoms with Crippen molar-refractivity contribution in [3.63, 3.8) is 0 Å². The number of piperazine rings is 1. The van der Waals surface area contributed by atoms with Crippen LogP contribution in [0.15, 0.2) is 22.7 Å². The van der Waals surface area contributed by atoms with Gasteiger partial charge >= 0.3 is 0 Å². The molecule has 1 aromatic rings. The van der Waals surface area contributed by atoms with E-state index in [9.17, 15) is 4.39 Å². The zero-order valence-corrected chi connectivity index (χ0v) is 12.8. The van der Waals surface area contributed by atoms with Gasteiger partial charge in [0.25, 0.3) is 0 Å². The Bertz CT molecular complexity index is 434. The second-order valence-electron chi connectivity index (χ2n) is 5.66. The van der Waals surface area contributed by atoms with Crippen LogP contribution in [0.5, 0.6) is 0 Å². The van der Waals surface area contributed by atoms with Crippen molar-refractivity contribution in [3.8, 4) is 0 Å². The third kappa shape index (κ3) is 2.92. The predicted octanol–water partition coefficient (Wildman–Crippen LogP) is 3.11. The molecule has 0 unspecified atom stereocenters. The first-order valence-electron chi connectivity index (χ1n) is 6.26. The van der Waals surface area contributed by atoms with Gasteiger partial charge in [0.2, 0.25) is 0 Å². The summed E-state index contributed by atoms with van der Waals surface area (Å²) in [6.07, 6.45) is 0. The maximum atomic E-state index is 13.5. The maximum absolute atomic E-state index is 13.5. The van der Waals surface area contributed by atoms with Gasteiger partial charge < -0.3 is 0 Å². The molecule has 18 heavy (non-hydrogen) atoms. The fourth-order valence-corrected chi connectivity index (χ4v) is 2.78. The molecule has 0 bridgehead atoms. The van der Waals surface area contributed by atoms with Crippen molar-refractivity contribution in [3.05, 3.63) is 34.1 Å². The molecule has 0 spiro atoms. The van der Waals surface area contributed by atoms with E-state index >= 15 is 0 Å². The first-order valence-corrected chi connectivity index (χ1v) is 7.06. The van der Waals surface area contributed by atoms with Crippen LogP contribution >= 0.6 is 15.9 Å². The van der Waals surface area contributed by atoms with E-state index in [0.717, 1.165) is 31.7 Å². The maximum Gasteiger partial charge on any atom is 0.137 e. The Morgan fingerprint density at radius 3 is 2.72 bits per heavy atom. The topological polar surface area (TPSA) is 6.48 Å². The minimum Gasteiger partial charge on any atom is -0.299 e. The van der Waals surface area contributed by atoms with Gasteiger partial charge in [0.05, 0.1) is 4.47 Å². The van der Waals surface area contributed by atoms with Gasteiger partial charge in [-0.1, -0.05) is 12.1 Å². The number of hydrogen-bond acceptors (Lipinski definition) is 2. The zero-order valence-electron chi connectivity index (χ0n) is 11.2. The molecule has 1 heterocycles. The molecule has 0 aromatic heterocycles. The van der Waals surface area contributed by atoms with Gasteiger partial charge in [-0.3, -0.25) is 9.80 Å². The van der Waals surface area contributed by atoms with Crippen molar-refractivity contribution in [1.82, 2.24) is 9.80 Å². The molecule has 1 fully saturated rings. The Hall–Kier alpha value is -0.450. The van der Waals surface area contributed by atoms with Crippen LogP contribution in [0.25, 0.3) is 0 Å². The summed E-state index contributed by atoms with van der Waals surface area (Å²) in [6.45, 7) is 8.39. The van der Waals surface area contributed by atoms with Crippen LogP contribution in [0.2, 0.25) is 0 Å². The van der Waals surface area contributed by atoms with Gasteiger partial charge in [-0.05, 0) is 48.5 Å². The Labute approximate surface area is 117 Å². The van der Waals surface area contributed by atoms with E-state index in [1.807, 2.05) is 6.07 Å². The number of hydrogen-bond donors (Lipinski definition) is 0. The SMILES string of the molecule is CN1CCN(Cc2cccc(F)c2Br)CC1(C)C. The average molecular weight is 315 g/mol. The lowest BCUT2D eigenvalue weighted by molar-refractivity contribution is 0.0358. The van der Waals surface area contributed by atoms with E-state index in [0.29, 0.717) is 4.47 Å². The molecular formula is C14H20BrFN2. The summed E-state index contributed by atoms with van der Waals surface area (Å²) in [5, 5.41) is 0. The molecule has 1 aliphatic rings. The molecule has 1 aromatic carbocycles. The van der Waals surface area contributed by atoms with Crippen molar-refractivity contribution >= 4 is 15.9 Å². The third-order valence-corrected chi connectivity index (χ3v) is 4.71. The smallest absolute Gasteiger partial charge is 0.137 e. The van der Waals surface area contributed by atoms with Crippen LogP contribution in [-0.2, 0) is 6.54 Å². The lowest BCUT2D eigenvalue weighted by Gasteiger charge is -2.45. The lowest BCUT2D eigenvalue weighted by Crippen LogP contribution is -2.57. The summed E-state index contributed by atoms with van der Waals surface area (Å²) >= 11 is 3.34. The molecule has 2 nitrogen and oxygen atoms in total. The summed E-state index contributed by atoms with van der Waals surface area (Å²) in [7, 11) is 2.16.